The average molecular weight is 229 g/mol. The summed E-state index contributed by atoms with van der Waals surface area (Å²) < 4.78 is 5.09. The zero-order valence-electron chi connectivity index (χ0n) is 10.5. The number of unbranched alkanes of at least 4 members (excludes halogenated alkanes) is 6. The van der Waals surface area contributed by atoms with E-state index in [1.165, 1.54) is 12.8 Å². The molecule has 3 nitrogen and oxygen atoms in total. The Bertz CT molecular complexity index is 141. The Hall–Kier alpha value is -0.570. The van der Waals surface area contributed by atoms with E-state index in [2.05, 4.69) is 6.92 Å². The van der Waals surface area contributed by atoms with Gasteiger partial charge in [0.2, 0.25) is 0 Å². The quantitative estimate of drug-likeness (QED) is 0.402. The fraction of sp³-hybridized carbons (Fsp3) is 0.923. The molecule has 0 saturated carbocycles. The van der Waals surface area contributed by atoms with Gasteiger partial charge in [0.25, 0.3) is 0 Å². The van der Waals surface area contributed by atoms with Crippen LogP contribution in [-0.4, -0.2) is 19.2 Å². The molecule has 0 aliphatic rings. The standard InChI is InChI=1S/C13H25O3/c1-2-3-4-9-12-16-13(15)10-7-5-6-8-11-14/h2-12H2,1H3. The van der Waals surface area contributed by atoms with Crippen LogP contribution in [0.15, 0.2) is 0 Å². The van der Waals surface area contributed by atoms with Crippen molar-refractivity contribution >= 4 is 5.97 Å². The highest BCUT2D eigenvalue weighted by atomic mass is 16.5. The highest BCUT2D eigenvalue weighted by Crippen LogP contribution is 2.05. The second kappa shape index (κ2) is 12.5. The van der Waals surface area contributed by atoms with E-state index in [0.29, 0.717) is 13.0 Å². The Morgan fingerprint density at radius 1 is 0.938 bits per heavy atom. The van der Waals surface area contributed by atoms with Crippen LogP contribution < -0.4 is 0 Å². The van der Waals surface area contributed by atoms with E-state index in [9.17, 15) is 9.90 Å². The topological polar surface area (TPSA) is 46.2 Å². The summed E-state index contributed by atoms with van der Waals surface area (Å²) in [6, 6.07) is 0. The number of hydrogen-bond donors (Lipinski definition) is 0. The smallest absolute Gasteiger partial charge is 0.305 e. The van der Waals surface area contributed by atoms with Crippen LogP contribution in [0.1, 0.15) is 64.7 Å². The molecule has 0 aliphatic heterocycles. The van der Waals surface area contributed by atoms with E-state index in [1.807, 2.05) is 0 Å². The number of hydrogen-bond acceptors (Lipinski definition) is 2. The molecule has 0 aromatic carbocycles. The Morgan fingerprint density at radius 3 is 2.31 bits per heavy atom. The van der Waals surface area contributed by atoms with Crippen molar-refractivity contribution in [3.63, 3.8) is 0 Å². The number of carbonyl (C=O) groups is 1. The van der Waals surface area contributed by atoms with Crippen molar-refractivity contribution in [1.29, 1.82) is 0 Å². The predicted octanol–water partition coefficient (Wildman–Crippen LogP) is 3.49. The molecule has 0 heterocycles. The van der Waals surface area contributed by atoms with Gasteiger partial charge in [-0.2, -0.15) is 0 Å². The van der Waals surface area contributed by atoms with E-state index in [4.69, 9.17) is 4.74 Å². The van der Waals surface area contributed by atoms with Crippen LogP contribution >= 0.6 is 0 Å². The number of rotatable bonds is 11. The Kier molecular flexibility index (Phi) is 12.1. The first-order valence-electron chi connectivity index (χ1n) is 6.55. The van der Waals surface area contributed by atoms with Gasteiger partial charge in [0, 0.05) is 6.42 Å². The molecular weight excluding hydrogens is 204 g/mol. The second-order valence-electron chi connectivity index (χ2n) is 4.15. The van der Waals surface area contributed by atoms with Gasteiger partial charge < -0.3 is 4.74 Å². The summed E-state index contributed by atoms with van der Waals surface area (Å²) in [5, 5.41) is 10.2. The minimum Gasteiger partial charge on any atom is -0.466 e. The van der Waals surface area contributed by atoms with Gasteiger partial charge in [-0.05, 0) is 19.3 Å². The molecule has 16 heavy (non-hydrogen) atoms. The number of carbonyl (C=O) groups excluding carboxylic acids is 1. The third-order valence-corrected chi connectivity index (χ3v) is 2.54. The van der Waals surface area contributed by atoms with Gasteiger partial charge in [-0.25, -0.2) is 5.11 Å². The van der Waals surface area contributed by atoms with Crippen LogP contribution in [0.4, 0.5) is 0 Å². The number of esters is 1. The molecule has 0 amide bonds. The van der Waals surface area contributed by atoms with Crippen molar-refractivity contribution in [2.45, 2.75) is 64.7 Å². The maximum Gasteiger partial charge on any atom is 0.305 e. The van der Waals surface area contributed by atoms with E-state index in [-0.39, 0.29) is 12.6 Å². The first-order chi connectivity index (χ1) is 7.81. The highest BCUT2D eigenvalue weighted by Gasteiger charge is 2.01. The summed E-state index contributed by atoms with van der Waals surface area (Å²) in [7, 11) is 0. The summed E-state index contributed by atoms with van der Waals surface area (Å²) in [5.74, 6) is -0.0846. The molecule has 0 atom stereocenters. The normalized spacial score (nSPS) is 10.4. The third kappa shape index (κ3) is 11.5. The van der Waals surface area contributed by atoms with Crippen molar-refractivity contribution in [1.82, 2.24) is 0 Å². The van der Waals surface area contributed by atoms with Crippen molar-refractivity contribution in [2.24, 2.45) is 0 Å². The van der Waals surface area contributed by atoms with Gasteiger partial charge in [-0.1, -0.05) is 39.0 Å². The monoisotopic (exact) mass is 229 g/mol. The fourth-order valence-corrected chi connectivity index (χ4v) is 1.51. The minimum atomic E-state index is -0.0846. The van der Waals surface area contributed by atoms with Crippen molar-refractivity contribution in [3.8, 4) is 0 Å². The summed E-state index contributed by atoms with van der Waals surface area (Å²) in [6.07, 6.45) is 8.54. The lowest BCUT2D eigenvalue weighted by atomic mass is 10.1. The van der Waals surface area contributed by atoms with Gasteiger partial charge in [0.1, 0.15) is 0 Å². The molecule has 0 fully saturated rings. The molecule has 0 unspecified atom stereocenters. The highest BCUT2D eigenvalue weighted by molar-refractivity contribution is 5.69. The van der Waals surface area contributed by atoms with Gasteiger partial charge >= 0.3 is 5.97 Å². The van der Waals surface area contributed by atoms with Crippen molar-refractivity contribution < 1.29 is 14.6 Å². The molecule has 1 radical (unpaired) electrons. The van der Waals surface area contributed by atoms with Gasteiger partial charge in [0.05, 0.1) is 13.2 Å². The van der Waals surface area contributed by atoms with Crippen molar-refractivity contribution in [2.75, 3.05) is 13.2 Å². The molecule has 0 aromatic rings. The Balaban J connectivity index is 3.12. The molecule has 0 N–H and O–H groups in total. The maximum absolute atomic E-state index is 11.2. The molecule has 0 spiro atoms. The van der Waals surface area contributed by atoms with E-state index in [1.54, 1.807) is 0 Å². The first-order valence-corrected chi connectivity index (χ1v) is 6.55. The Morgan fingerprint density at radius 2 is 1.62 bits per heavy atom. The van der Waals surface area contributed by atoms with E-state index < -0.39 is 0 Å². The molecule has 0 bridgehead atoms. The second-order valence-corrected chi connectivity index (χ2v) is 4.15. The van der Waals surface area contributed by atoms with Gasteiger partial charge in [-0.3, -0.25) is 4.79 Å². The van der Waals surface area contributed by atoms with Gasteiger partial charge in [-0.15, -0.1) is 0 Å². The van der Waals surface area contributed by atoms with Crippen LogP contribution in [0.5, 0.6) is 0 Å². The lowest BCUT2D eigenvalue weighted by molar-refractivity contribution is -0.143. The third-order valence-electron chi connectivity index (χ3n) is 2.54. The zero-order valence-corrected chi connectivity index (χ0v) is 10.5. The van der Waals surface area contributed by atoms with Crippen molar-refractivity contribution in [3.05, 3.63) is 0 Å². The summed E-state index contributed by atoms with van der Waals surface area (Å²) in [4.78, 5) is 11.2. The maximum atomic E-state index is 11.2. The fourth-order valence-electron chi connectivity index (χ4n) is 1.51. The summed E-state index contributed by atoms with van der Waals surface area (Å²) in [6.45, 7) is 2.73. The predicted molar refractivity (Wildman–Crippen MR) is 63.7 cm³/mol. The molecule has 0 aliphatic carbocycles. The van der Waals surface area contributed by atoms with Gasteiger partial charge in [0.15, 0.2) is 0 Å². The van der Waals surface area contributed by atoms with Crippen LogP contribution in [0.3, 0.4) is 0 Å². The molecule has 95 valence electrons. The number of ether oxygens (including phenoxy) is 1. The summed E-state index contributed by atoms with van der Waals surface area (Å²) in [5.41, 5.74) is 0. The zero-order chi connectivity index (χ0) is 12.1. The van der Waals surface area contributed by atoms with Crippen LogP contribution in [0.2, 0.25) is 0 Å². The lowest BCUT2D eigenvalue weighted by Gasteiger charge is -2.04. The molecule has 0 aromatic heterocycles. The van der Waals surface area contributed by atoms with E-state index >= 15 is 0 Å². The van der Waals surface area contributed by atoms with Crippen LogP contribution in [0.25, 0.3) is 0 Å². The first kappa shape index (κ1) is 15.4. The summed E-state index contributed by atoms with van der Waals surface area (Å²) >= 11 is 0. The molecule has 0 rings (SSSR count). The van der Waals surface area contributed by atoms with Crippen LogP contribution in [-0.2, 0) is 14.6 Å². The Labute approximate surface area is 99.2 Å². The molecular formula is C13H25O3. The minimum absolute atomic E-state index is 0.00186. The largest absolute Gasteiger partial charge is 0.466 e. The molecule has 3 heteroatoms. The molecule has 0 saturated heterocycles. The SMILES string of the molecule is CCCCCCOC(=O)CCCCCC[O]. The lowest BCUT2D eigenvalue weighted by Crippen LogP contribution is -2.05. The van der Waals surface area contributed by atoms with E-state index in [0.717, 1.165) is 38.5 Å². The average Bonchev–Trinajstić information content (AvgIpc) is 2.28. The van der Waals surface area contributed by atoms with Crippen LogP contribution in [0, 0.1) is 0 Å².